The highest BCUT2D eigenvalue weighted by Gasteiger charge is 2.43. The number of nitrogens with two attached hydrogens (primary N) is 1. The van der Waals surface area contributed by atoms with Crippen molar-refractivity contribution in [3.63, 3.8) is 0 Å². The molecular formula is C16H24N4O2. The molecule has 4 N–H and O–H groups in total. The van der Waals surface area contributed by atoms with E-state index in [4.69, 9.17) is 5.73 Å². The summed E-state index contributed by atoms with van der Waals surface area (Å²) in [6, 6.07) is 3.71. The Kier molecular flexibility index (Phi) is 4.31. The molecular weight excluding hydrogens is 280 g/mol. The molecule has 0 bridgehead atoms. The molecule has 120 valence electrons. The minimum atomic E-state index is -1.29. The smallest absolute Gasteiger partial charge is 0.255 e. The van der Waals surface area contributed by atoms with Crippen molar-refractivity contribution in [3.8, 4) is 0 Å². The molecule has 2 fully saturated rings. The summed E-state index contributed by atoms with van der Waals surface area (Å²) in [5.41, 5.74) is 5.39. The highest BCUT2D eigenvalue weighted by molar-refractivity contribution is 5.86. The van der Waals surface area contributed by atoms with Gasteiger partial charge < -0.3 is 21.1 Å². The Hall–Kier alpha value is -1.66. The van der Waals surface area contributed by atoms with Crippen LogP contribution in [0.25, 0.3) is 0 Å². The van der Waals surface area contributed by atoms with E-state index < -0.39 is 5.60 Å². The molecule has 1 atom stereocenters. The largest absolute Gasteiger partial charge is 0.383 e. The molecule has 6 heteroatoms. The molecule has 1 saturated heterocycles. The monoisotopic (exact) mass is 304 g/mol. The molecule has 22 heavy (non-hydrogen) atoms. The van der Waals surface area contributed by atoms with E-state index in [1.807, 2.05) is 17.0 Å². The number of carbonyl (C=O) groups excluding carboxylic acids is 1. The number of carbonyl (C=O) groups is 1. The minimum absolute atomic E-state index is 0.127. The third kappa shape index (κ3) is 3.39. The lowest BCUT2D eigenvalue weighted by Crippen LogP contribution is -2.58. The van der Waals surface area contributed by atoms with E-state index in [1.165, 1.54) is 12.8 Å². The van der Waals surface area contributed by atoms with Gasteiger partial charge in [-0.3, -0.25) is 4.79 Å². The maximum Gasteiger partial charge on any atom is 0.255 e. The molecule has 3 rings (SSSR count). The van der Waals surface area contributed by atoms with Gasteiger partial charge in [0.05, 0.1) is 0 Å². The van der Waals surface area contributed by atoms with Crippen molar-refractivity contribution in [2.75, 3.05) is 25.4 Å². The van der Waals surface area contributed by atoms with Gasteiger partial charge in [0.2, 0.25) is 0 Å². The Balaban J connectivity index is 1.55. The SMILES string of the molecule is Nc1ncccc1CNC[C@]1(O)CCCN(CC2CC2)C1=O. The van der Waals surface area contributed by atoms with Gasteiger partial charge in [-0.1, -0.05) is 6.07 Å². The number of aromatic nitrogens is 1. The minimum Gasteiger partial charge on any atom is -0.383 e. The third-order valence-electron chi connectivity index (χ3n) is 4.54. The Morgan fingerprint density at radius 2 is 2.32 bits per heavy atom. The maximum absolute atomic E-state index is 12.5. The van der Waals surface area contributed by atoms with Gasteiger partial charge in [0.1, 0.15) is 5.82 Å². The summed E-state index contributed by atoms with van der Waals surface area (Å²) in [5.74, 6) is 0.999. The zero-order valence-electron chi connectivity index (χ0n) is 12.8. The van der Waals surface area contributed by atoms with Gasteiger partial charge in [-0.05, 0) is 37.7 Å². The Morgan fingerprint density at radius 1 is 1.50 bits per heavy atom. The van der Waals surface area contributed by atoms with Crippen LogP contribution in [-0.4, -0.2) is 46.1 Å². The van der Waals surface area contributed by atoms with Gasteiger partial charge in [0.25, 0.3) is 5.91 Å². The zero-order chi connectivity index (χ0) is 15.6. The number of likely N-dealkylation sites (tertiary alicyclic amines) is 1. The Bertz CT molecular complexity index is 547. The van der Waals surface area contributed by atoms with Crippen molar-refractivity contribution in [1.29, 1.82) is 0 Å². The summed E-state index contributed by atoms with van der Waals surface area (Å²) in [7, 11) is 0. The average Bonchev–Trinajstić information content (AvgIpc) is 3.30. The molecule has 2 aliphatic rings. The van der Waals surface area contributed by atoms with Crippen molar-refractivity contribution < 1.29 is 9.90 Å². The van der Waals surface area contributed by atoms with E-state index >= 15 is 0 Å². The Morgan fingerprint density at radius 3 is 3.05 bits per heavy atom. The lowest BCUT2D eigenvalue weighted by molar-refractivity contribution is -0.156. The van der Waals surface area contributed by atoms with Gasteiger partial charge in [-0.25, -0.2) is 4.98 Å². The molecule has 6 nitrogen and oxygen atoms in total. The van der Waals surface area contributed by atoms with Crippen LogP contribution in [0.4, 0.5) is 5.82 Å². The maximum atomic E-state index is 12.5. The number of pyridine rings is 1. The first kappa shape index (κ1) is 15.2. The lowest BCUT2D eigenvalue weighted by Gasteiger charge is -2.38. The van der Waals surface area contributed by atoms with Crippen LogP contribution in [0.15, 0.2) is 18.3 Å². The number of rotatable bonds is 6. The van der Waals surface area contributed by atoms with Gasteiger partial charge in [0.15, 0.2) is 5.60 Å². The van der Waals surface area contributed by atoms with Crippen LogP contribution in [0.1, 0.15) is 31.2 Å². The summed E-state index contributed by atoms with van der Waals surface area (Å²) >= 11 is 0. The predicted molar refractivity (Wildman–Crippen MR) is 83.8 cm³/mol. The zero-order valence-corrected chi connectivity index (χ0v) is 12.8. The topological polar surface area (TPSA) is 91.5 Å². The first-order chi connectivity index (χ1) is 10.6. The van der Waals surface area contributed by atoms with E-state index in [0.29, 0.717) is 24.7 Å². The average molecular weight is 304 g/mol. The van der Waals surface area contributed by atoms with Gasteiger partial charge in [-0.15, -0.1) is 0 Å². The van der Waals surface area contributed by atoms with Crippen molar-refractivity contribution in [2.24, 2.45) is 5.92 Å². The summed E-state index contributed by atoms with van der Waals surface area (Å²) in [6.07, 6.45) is 5.43. The molecule has 1 aliphatic heterocycles. The van der Waals surface area contributed by atoms with Crippen LogP contribution in [0.3, 0.4) is 0 Å². The van der Waals surface area contributed by atoms with Crippen LogP contribution in [-0.2, 0) is 11.3 Å². The van der Waals surface area contributed by atoms with Crippen LogP contribution in [0.5, 0.6) is 0 Å². The van der Waals surface area contributed by atoms with Crippen LogP contribution in [0, 0.1) is 5.92 Å². The normalized spacial score (nSPS) is 25.5. The molecule has 1 aliphatic carbocycles. The number of amides is 1. The van der Waals surface area contributed by atoms with E-state index in [1.54, 1.807) is 6.20 Å². The number of nitrogens with one attached hydrogen (secondary N) is 1. The van der Waals surface area contributed by atoms with Crippen molar-refractivity contribution >= 4 is 11.7 Å². The van der Waals surface area contributed by atoms with Crippen molar-refractivity contribution in [1.82, 2.24) is 15.2 Å². The number of hydrogen-bond acceptors (Lipinski definition) is 5. The number of piperidine rings is 1. The van der Waals surface area contributed by atoms with E-state index in [9.17, 15) is 9.90 Å². The van der Waals surface area contributed by atoms with Gasteiger partial charge in [0, 0.05) is 37.9 Å². The van der Waals surface area contributed by atoms with E-state index in [2.05, 4.69) is 10.3 Å². The summed E-state index contributed by atoms with van der Waals surface area (Å²) in [6.45, 7) is 2.32. The first-order valence-electron chi connectivity index (χ1n) is 8.00. The summed E-state index contributed by atoms with van der Waals surface area (Å²) < 4.78 is 0. The second kappa shape index (κ2) is 6.22. The molecule has 1 saturated carbocycles. The third-order valence-corrected chi connectivity index (χ3v) is 4.54. The number of anilines is 1. The second-order valence-electron chi connectivity index (χ2n) is 6.48. The summed E-state index contributed by atoms with van der Waals surface area (Å²) in [5, 5.41) is 13.8. The molecule has 1 aromatic heterocycles. The molecule has 1 amide bonds. The fourth-order valence-electron chi connectivity index (χ4n) is 3.02. The fraction of sp³-hybridized carbons (Fsp3) is 0.625. The second-order valence-corrected chi connectivity index (χ2v) is 6.48. The van der Waals surface area contributed by atoms with Crippen LogP contribution < -0.4 is 11.1 Å². The number of nitrogens with zero attached hydrogens (tertiary/aromatic N) is 2. The molecule has 0 unspecified atom stereocenters. The molecule has 1 aromatic rings. The fourth-order valence-corrected chi connectivity index (χ4v) is 3.02. The number of nitrogen functional groups attached to an aromatic ring is 1. The molecule has 0 spiro atoms. The van der Waals surface area contributed by atoms with Crippen molar-refractivity contribution in [3.05, 3.63) is 23.9 Å². The Labute approximate surface area is 130 Å². The highest BCUT2D eigenvalue weighted by atomic mass is 16.3. The van der Waals surface area contributed by atoms with Crippen molar-refractivity contribution in [2.45, 2.75) is 37.8 Å². The van der Waals surface area contributed by atoms with Gasteiger partial charge >= 0.3 is 0 Å². The van der Waals surface area contributed by atoms with Crippen LogP contribution in [0.2, 0.25) is 0 Å². The van der Waals surface area contributed by atoms with Crippen LogP contribution >= 0.6 is 0 Å². The molecule has 2 heterocycles. The molecule has 0 aromatic carbocycles. The lowest BCUT2D eigenvalue weighted by atomic mass is 9.91. The summed E-state index contributed by atoms with van der Waals surface area (Å²) in [4.78, 5) is 18.4. The van der Waals surface area contributed by atoms with E-state index in [0.717, 1.165) is 25.1 Å². The highest BCUT2D eigenvalue weighted by Crippen LogP contribution is 2.32. The predicted octanol–water partition coefficient (Wildman–Crippen LogP) is 0.517. The standard InChI is InChI=1S/C16H24N4O2/c17-14-13(3-1-7-19-14)9-18-11-16(22)6-2-8-20(15(16)21)10-12-4-5-12/h1,3,7,12,18,22H,2,4-6,8-11H2,(H2,17,19)/t16-/m1/s1. The first-order valence-corrected chi connectivity index (χ1v) is 8.00. The number of hydrogen-bond donors (Lipinski definition) is 3. The van der Waals surface area contributed by atoms with E-state index in [-0.39, 0.29) is 12.5 Å². The quantitative estimate of drug-likeness (QED) is 0.712. The van der Waals surface area contributed by atoms with Gasteiger partial charge in [-0.2, -0.15) is 0 Å². The molecule has 0 radical (unpaired) electrons. The number of aliphatic hydroxyl groups is 1.